The van der Waals surface area contributed by atoms with E-state index >= 15 is 0 Å². The highest BCUT2D eigenvalue weighted by molar-refractivity contribution is 7.09. The first kappa shape index (κ1) is 13.2. The Labute approximate surface area is 121 Å². The Morgan fingerprint density at radius 2 is 2.15 bits per heavy atom. The second-order valence-corrected chi connectivity index (χ2v) is 5.88. The van der Waals surface area contributed by atoms with Crippen molar-refractivity contribution in [3.63, 3.8) is 0 Å². The predicted molar refractivity (Wildman–Crippen MR) is 81.6 cm³/mol. The van der Waals surface area contributed by atoms with Gasteiger partial charge in [0, 0.05) is 13.6 Å². The van der Waals surface area contributed by atoms with Crippen LogP contribution in [0.2, 0.25) is 0 Å². The van der Waals surface area contributed by atoms with Gasteiger partial charge in [0.15, 0.2) is 5.82 Å². The minimum Gasteiger partial charge on any atom is -0.326 e. The fourth-order valence-corrected chi connectivity index (χ4v) is 3.22. The minimum atomic E-state index is 0.331. The van der Waals surface area contributed by atoms with Gasteiger partial charge >= 0.3 is 0 Å². The third-order valence-electron chi connectivity index (χ3n) is 3.48. The molecule has 0 atom stereocenters. The van der Waals surface area contributed by atoms with E-state index in [0.717, 1.165) is 33.0 Å². The van der Waals surface area contributed by atoms with Crippen LogP contribution in [0.3, 0.4) is 0 Å². The molecule has 1 aromatic carbocycles. The number of hydrogen-bond donors (Lipinski definition) is 1. The number of benzene rings is 1. The molecule has 0 saturated heterocycles. The topological polar surface area (TPSA) is 69.6 Å². The molecule has 104 valence electrons. The van der Waals surface area contributed by atoms with Crippen LogP contribution in [0, 0.1) is 0 Å². The average molecular weight is 287 g/mol. The lowest BCUT2D eigenvalue weighted by molar-refractivity contribution is 0.810. The molecule has 3 rings (SSSR count). The van der Waals surface area contributed by atoms with E-state index in [1.165, 1.54) is 11.5 Å². The molecular weight excluding hydrogens is 270 g/mol. The smallest absolute Gasteiger partial charge is 0.154 e. The first-order valence-electron chi connectivity index (χ1n) is 6.60. The number of imidazole rings is 1. The lowest BCUT2D eigenvalue weighted by Crippen LogP contribution is -1.97. The average Bonchev–Trinajstić information content (AvgIpc) is 3.03. The molecule has 0 aliphatic carbocycles. The van der Waals surface area contributed by atoms with Gasteiger partial charge in [-0.15, -0.1) is 5.10 Å². The summed E-state index contributed by atoms with van der Waals surface area (Å²) >= 11 is 1.40. The van der Waals surface area contributed by atoms with E-state index in [0.29, 0.717) is 12.5 Å². The molecule has 0 spiro atoms. The second-order valence-electron chi connectivity index (χ2n) is 5.13. The van der Waals surface area contributed by atoms with Crippen LogP contribution in [-0.2, 0) is 13.6 Å². The van der Waals surface area contributed by atoms with Crippen molar-refractivity contribution in [1.82, 2.24) is 19.1 Å². The van der Waals surface area contributed by atoms with Gasteiger partial charge in [0.2, 0.25) is 0 Å². The summed E-state index contributed by atoms with van der Waals surface area (Å²) in [7, 11) is 2.02. The van der Waals surface area contributed by atoms with Crippen LogP contribution in [0.5, 0.6) is 0 Å². The minimum absolute atomic E-state index is 0.331. The Hall–Kier alpha value is -1.79. The summed E-state index contributed by atoms with van der Waals surface area (Å²) in [4.78, 5) is 5.83. The molecule has 0 fully saturated rings. The molecule has 2 N–H and O–H groups in total. The Morgan fingerprint density at radius 1 is 1.35 bits per heavy atom. The molecule has 0 saturated carbocycles. The number of nitrogens with zero attached hydrogens (tertiary/aromatic N) is 4. The Kier molecular flexibility index (Phi) is 3.27. The summed E-state index contributed by atoms with van der Waals surface area (Å²) in [5.41, 5.74) is 9.92. The van der Waals surface area contributed by atoms with E-state index in [1.807, 2.05) is 19.2 Å². The van der Waals surface area contributed by atoms with Crippen LogP contribution in [0.4, 0.5) is 0 Å². The van der Waals surface area contributed by atoms with Gasteiger partial charge in [-0.05, 0) is 29.1 Å². The predicted octanol–water partition coefficient (Wildman–Crippen LogP) is 2.67. The summed E-state index contributed by atoms with van der Waals surface area (Å²) in [6.07, 6.45) is 0. The van der Waals surface area contributed by atoms with Gasteiger partial charge in [-0.25, -0.2) is 4.98 Å². The molecule has 0 amide bonds. The van der Waals surface area contributed by atoms with Crippen molar-refractivity contribution in [1.29, 1.82) is 0 Å². The fourth-order valence-electron chi connectivity index (χ4n) is 2.37. The van der Waals surface area contributed by atoms with E-state index in [4.69, 9.17) is 10.7 Å². The van der Waals surface area contributed by atoms with E-state index in [9.17, 15) is 0 Å². The van der Waals surface area contributed by atoms with Crippen LogP contribution in [-0.4, -0.2) is 19.1 Å². The first-order valence-corrected chi connectivity index (χ1v) is 7.37. The van der Waals surface area contributed by atoms with Crippen LogP contribution in [0.1, 0.15) is 31.0 Å². The van der Waals surface area contributed by atoms with Crippen LogP contribution < -0.4 is 5.73 Å². The summed E-state index contributed by atoms with van der Waals surface area (Å²) < 4.78 is 6.18. The molecule has 0 radical (unpaired) electrons. The lowest BCUT2D eigenvalue weighted by Gasteiger charge is -2.04. The highest BCUT2D eigenvalue weighted by Gasteiger charge is 2.19. The summed E-state index contributed by atoms with van der Waals surface area (Å²) in [6.45, 7) is 4.73. The maximum Gasteiger partial charge on any atom is 0.154 e. The van der Waals surface area contributed by atoms with Gasteiger partial charge < -0.3 is 10.3 Å². The molecule has 0 unspecified atom stereocenters. The number of rotatable bonds is 3. The lowest BCUT2D eigenvalue weighted by atomic mass is 10.1. The molecule has 0 aliphatic heterocycles. The zero-order valence-electron chi connectivity index (χ0n) is 11.8. The van der Waals surface area contributed by atoms with Crippen molar-refractivity contribution in [3.05, 3.63) is 29.5 Å². The molecule has 2 aromatic heterocycles. The van der Waals surface area contributed by atoms with Crippen molar-refractivity contribution in [3.8, 4) is 10.7 Å². The molecule has 5 nitrogen and oxygen atoms in total. The Morgan fingerprint density at radius 3 is 2.85 bits per heavy atom. The van der Waals surface area contributed by atoms with Crippen molar-refractivity contribution in [2.24, 2.45) is 12.8 Å². The van der Waals surface area contributed by atoms with E-state index in [-0.39, 0.29) is 0 Å². The highest BCUT2D eigenvalue weighted by atomic mass is 32.1. The van der Waals surface area contributed by atoms with E-state index in [1.54, 1.807) is 0 Å². The molecule has 2 heterocycles. The Balaban J connectivity index is 2.27. The van der Waals surface area contributed by atoms with Crippen molar-refractivity contribution < 1.29 is 0 Å². The van der Waals surface area contributed by atoms with E-state index < -0.39 is 0 Å². The molecule has 6 heteroatoms. The summed E-state index contributed by atoms with van der Waals surface area (Å²) in [6, 6.07) is 6.10. The Bertz CT molecular complexity index is 756. The number of fused-ring (bicyclic) bond motifs is 1. The quantitative estimate of drug-likeness (QED) is 0.804. The number of hydrogen-bond acceptors (Lipinski definition) is 5. The normalized spacial score (nSPS) is 11.7. The first-order chi connectivity index (χ1) is 9.63. The maximum atomic E-state index is 5.80. The van der Waals surface area contributed by atoms with Crippen LogP contribution >= 0.6 is 11.5 Å². The van der Waals surface area contributed by atoms with Gasteiger partial charge in [-0.2, -0.15) is 0 Å². The standard InChI is InChI=1S/C14H17N5S/c1-8(2)11-13(20-18-17-11)14-16-12-9(7-15)5-4-6-10(12)19(14)3/h4-6,8H,7,15H2,1-3H3. The van der Waals surface area contributed by atoms with Crippen molar-refractivity contribution >= 4 is 22.6 Å². The second kappa shape index (κ2) is 4.96. The largest absolute Gasteiger partial charge is 0.326 e. The monoisotopic (exact) mass is 287 g/mol. The molecule has 3 aromatic rings. The zero-order valence-corrected chi connectivity index (χ0v) is 12.6. The third-order valence-corrected chi connectivity index (χ3v) is 4.22. The van der Waals surface area contributed by atoms with Gasteiger partial charge in [-0.3, -0.25) is 0 Å². The van der Waals surface area contributed by atoms with Crippen LogP contribution in [0.15, 0.2) is 18.2 Å². The zero-order chi connectivity index (χ0) is 14.3. The fraction of sp³-hybridized carbons (Fsp3) is 0.357. The summed E-state index contributed by atoms with van der Waals surface area (Å²) in [5.74, 6) is 1.25. The summed E-state index contributed by atoms with van der Waals surface area (Å²) in [5, 5.41) is 4.24. The molecule has 0 bridgehead atoms. The third kappa shape index (κ3) is 1.92. The van der Waals surface area contributed by atoms with Crippen molar-refractivity contribution in [2.45, 2.75) is 26.3 Å². The van der Waals surface area contributed by atoms with Gasteiger partial charge in [-0.1, -0.05) is 30.5 Å². The molecule has 20 heavy (non-hydrogen) atoms. The number of nitrogens with two attached hydrogens (primary N) is 1. The van der Waals surface area contributed by atoms with E-state index in [2.05, 4.69) is 34.1 Å². The van der Waals surface area contributed by atoms with Crippen LogP contribution in [0.25, 0.3) is 21.7 Å². The molecular formula is C14H17N5S. The van der Waals surface area contributed by atoms with Gasteiger partial charge in [0.1, 0.15) is 4.88 Å². The highest BCUT2D eigenvalue weighted by Crippen LogP contribution is 2.32. The maximum absolute atomic E-state index is 5.80. The van der Waals surface area contributed by atoms with Gasteiger partial charge in [0.05, 0.1) is 16.7 Å². The number of aryl methyl sites for hydroxylation is 1. The molecule has 0 aliphatic rings. The van der Waals surface area contributed by atoms with Gasteiger partial charge in [0.25, 0.3) is 0 Å². The van der Waals surface area contributed by atoms with Crippen molar-refractivity contribution in [2.75, 3.05) is 0 Å². The number of para-hydroxylation sites is 1. The SMILES string of the molecule is CC(C)c1nnsc1-c1nc2c(CN)cccc2n1C. The number of aromatic nitrogens is 4.